The number of ether oxygens (including phenoxy) is 1. The van der Waals surface area contributed by atoms with Gasteiger partial charge in [0, 0.05) is 12.2 Å². The van der Waals surface area contributed by atoms with Crippen molar-refractivity contribution in [1.82, 2.24) is 5.32 Å². The highest BCUT2D eigenvalue weighted by molar-refractivity contribution is 7.80. The van der Waals surface area contributed by atoms with Gasteiger partial charge in [0.05, 0.1) is 12.7 Å². The van der Waals surface area contributed by atoms with Crippen molar-refractivity contribution in [3.05, 3.63) is 59.7 Å². The largest absolute Gasteiger partial charge is 0.497 e. The molecule has 0 spiro atoms. The zero-order valence-electron chi connectivity index (χ0n) is 12.3. The normalized spacial score (nSPS) is 11.0. The van der Waals surface area contributed by atoms with Crippen LogP contribution in [-0.4, -0.2) is 12.2 Å². The highest BCUT2D eigenvalue weighted by atomic mass is 32.1. The van der Waals surface area contributed by atoms with Crippen molar-refractivity contribution in [2.45, 2.75) is 12.7 Å². The predicted molar refractivity (Wildman–Crippen MR) is 87.5 cm³/mol. The molecule has 2 N–H and O–H groups in total. The summed E-state index contributed by atoms with van der Waals surface area (Å²) in [6.45, 7) is 0.496. The van der Waals surface area contributed by atoms with Crippen molar-refractivity contribution in [2.75, 3.05) is 12.4 Å². The fourth-order valence-corrected chi connectivity index (χ4v) is 2.03. The quantitative estimate of drug-likeness (QED) is 0.818. The maximum atomic E-state index is 12.5. The first-order valence-corrected chi connectivity index (χ1v) is 7.14. The molecule has 0 saturated carbocycles. The lowest BCUT2D eigenvalue weighted by molar-refractivity contribution is -0.137. The van der Waals surface area contributed by atoms with Crippen molar-refractivity contribution in [3.8, 4) is 5.75 Å². The van der Waals surface area contributed by atoms with Crippen LogP contribution in [0.2, 0.25) is 0 Å². The third-order valence-corrected chi connectivity index (χ3v) is 3.33. The Morgan fingerprint density at radius 1 is 1.04 bits per heavy atom. The highest BCUT2D eigenvalue weighted by Gasteiger charge is 2.29. The van der Waals surface area contributed by atoms with Gasteiger partial charge in [-0.2, -0.15) is 13.2 Å². The van der Waals surface area contributed by atoms with Gasteiger partial charge in [-0.1, -0.05) is 12.1 Å². The molecule has 0 aliphatic rings. The van der Waals surface area contributed by atoms with Crippen LogP contribution in [0.15, 0.2) is 48.5 Å². The lowest BCUT2D eigenvalue weighted by Crippen LogP contribution is -2.27. The summed E-state index contributed by atoms with van der Waals surface area (Å²) in [6, 6.07) is 12.2. The fraction of sp³-hybridized carbons (Fsp3) is 0.188. The number of hydrogen-bond acceptors (Lipinski definition) is 2. The molecule has 122 valence electrons. The Balaban J connectivity index is 1.86. The van der Waals surface area contributed by atoms with Crippen molar-refractivity contribution in [2.24, 2.45) is 0 Å². The first-order chi connectivity index (χ1) is 10.9. The van der Waals surface area contributed by atoms with Crippen LogP contribution in [-0.2, 0) is 12.7 Å². The van der Waals surface area contributed by atoms with Gasteiger partial charge in [-0.25, -0.2) is 0 Å². The number of benzene rings is 2. The molecule has 2 aromatic carbocycles. The SMILES string of the molecule is COc1ccc(CNC(=S)Nc2ccc(C(F)(F)F)cc2)cc1. The second-order valence-corrected chi connectivity index (χ2v) is 5.14. The van der Waals surface area contributed by atoms with Crippen LogP contribution >= 0.6 is 12.2 Å². The number of thiocarbonyl (C=S) groups is 1. The molecule has 3 nitrogen and oxygen atoms in total. The Bertz CT molecular complexity index is 655. The van der Waals surface area contributed by atoms with Crippen molar-refractivity contribution < 1.29 is 17.9 Å². The van der Waals surface area contributed by atoms with Gasteiger partial charge in [0.15, 0.2) is 5.11 Å². The minimum absolute atomic E-state index is 0.334. The zero-order chi connectivity index (χ0) is 16.9. The number of halogens is 3. The summed E-state index contributed by atoms with van der Waals surface area (Å²) in [5, 5.41) is 6.16. The molecule has 23 heavy (non-hydrogen) atoms. The zero-order valence-corrected chi connectivity index (χ0v) is 13.1. The molecule has 0 heterocycles. The molecule has 0 aromatic heterocycles. The van der Waals surface area contributed by atoms with E-state index in [2.05, 4.69) is 10.6 Å². The van der Waals surface area contributed by atoms with Gasteiger partial charge in [0.2, 0.25) is 0 Å². The molecule has 2 rings (SSSR count). The monoisotopic (exact) mass is 340 g/mol. The minimum Gasteiger partial charge on any atom is -0.497 e. The van der Waals surface area contributed by atoms with Crippen molar-refractivity contribution in [1.29, 1.82) is 0 Å². The molecular weight excluding hydrogens is 325 g/mol. The Morgan fingerprint density at radius 2 is 1.65 bits per heavy atom. The third-order valence-electron chi connectivity index (χ3n) is 3.08. The standard InChI is InChI=1S/C16H15F3N2OS/c1-22-14-8-2-11(3-9-14)10-20-15(23)21-13-6-4-12(5-7-13)16(17,18)19/h2-9H,10H2,1H3,(H2,20,21,23). The van der Waals surface area contributed by atoms with Crippen molar-refractivity contribution >= 4 is 23.0 Å². The number of methoxy groups -OCH3 is 1. The van der Waals surface area contributed by atoms with Crippen LogP contribution in [0.5, 0.6) is 5.75 Å². The summed E-state index contributed by atoms with van der Waals surface area (Å²) in [6.07, 6.45) is -4.34. The van der Waals surface area contributed by atoms with E-state index >= 15 is 0 Å². The Labute approximate surface area is 137 Å². The van der Waals surface area contributed by atoms with E-state index in [0.717, 1.165) is 23.4 Å². The third kappa shape index (κ3) is 5.14. The fourth-order valence-electron chi connectivity index (χ4n) is 1.84. The molecule has 0 aliphatic carbocycles. The van der Waals surface area contributed by atoms with Gasteiger partial charge < -0.3 is 15.4 Å². The van der Waals surface area contributed by atoms with E-state index in [-0.39, 0.29) is 0 Å². The first-order valence-electron chi connectivity index (χ1n) is 6.73. The summed E-state index contributed by atoms with van der Waals surface area (Å²) < 4.78 is 42.5. The molecule has 0 fully saturated rings. The predicted octanol–water partition coefficient (Wildman–Crippen LogP) is 4.20. The number of rotatable bonds is 4. The average molecular weight is 340 g/mol. The second-order valence-electron chi connectivity index (χ2n) is 4.73. The van der Waals surface area contributed by atoms with E-state index in [0.29, 0.717) is 17.3 Å². The van der Waals surface area contributed by atoms with Gasteiger partial charge in [0.25, 0.3) is 0 Å². The minimum atomic E-state index is -4.34. The van der Waals surface area contributed by atoms with Crippen LogP contribution in [0.3, 0.4) is 0 Å². The molecule has 0 aliphatic heterocycles. The van der Waals surface area contributed by atoms with Gasteiger partial charge in [-0.05, 0) is 54.2 Å². The first kappa shape index (κ1) is 17.1. The lowest BCUT2D eigenvalue weighted by Gasteiger charge is -2.12. The number of anilines is 1. The van der Waals surface area contributed by atoms with E-state index in [1.165, 1.54) is 12.1 Å². The molecule has 7 heteroatoms. The lowest BCUT2D eigenvalue weighted by atomic mass is 10.2. The maximum Gasteiger partial charge on any atom is 0.416 e. The molecule has 0 unspecified atom stereocenters. The topological polar surface area (TPSA) is 33.3 Å². The Kier molecular flexibility index (Phi) is 5.44. The van der Waals surface area contributed by atoms with Crippen LogP contribution in [0.1, 0.15) is 11.1 Å². The van der Waals surface area contributed by atoms with Gasteiger partial charge in [-0.15, -0.1) is 0 Å². The number of nitrogens with one attached hydrogen (secondary N) is 2. The Morgan fingerprint density at radius 3 is 2.17 bits per heavy atom. The van der Waals surface area contributed by atoms with E-state index in [9.17, 15) is 13.2 Å². The molecule has 0 amide bonds. The van der Waals surface area contributed by atoms with E-state index in [4.69, 9.17) is 17.0 Å². The van der Waals surface area contributed by atoms with E-state index in [1.54, 1.807) is 7.11 Å². The smallest absolute Gasteiger partial charge is 0.416 e. The van der Waals surface area contributed by atoms with Gasteiger partial charge >= 0.3 is 6.18 Å². The van der Waals surface area contributed by atoms with Gasteiger partial charge in [0.1, 0.15) is 5.75 Å². The highest BCUT2D eigenvalue weighted by Crippen LogP contribution is 2.29. The molecule has 0 saturated heterocycles. The molecular formula is C16H15F3N2OS. The van der Waals surface area contributed by atoms with E-state index in [1.807, 2.05) is 24.3 Å². The van der Waals surface area contributed by atoms with E-state index < -0.39 is 11.7 Å². The van der Waals surface area contributed by atoms with Crippen LogP contribution < -0.4 is 15.4 Å². The van der Waals surface area contributed by atoms with Crippen LogP contribution in [0.25, 0.3) is 0 Å². The Hall–Kier alpha value is -2.28. The summed E-state index contributed by atoms with van der Waals surface area (Å²) in [4.78, 5) is 0. The van der Waals surface area contributed by atoms with Crippen LogP contribution in [0, 0.1) is 0 Å². The molecule has 0 radical (unpaired) electrons. The van der Waals surface area contributed by atoms with Gasteiger partial charge in [-0.3, -0.25) is 0 Å². The molecule has 0 bridgehead atoms. The summed E-state index contributed by atoms with van der Waals surface area (Å²) in [7, 11) is 1.59. The second kappa shape index (κ2) is 7.32. The average Bonchev–Trinajstić information content (AvgIpc) is 2.53. The molecule has 2 aromatic rings. The number of hydrogen-bond donors (Lipinski definition) is 2. The molecule has 0 atom stereocenters. The summed E-state index contributed by atoms with van der Waals surface area (Å²) in [5.41, 5.74) is 0.799. The maximum absolute atomic E-state index is 12.5. The number of alkyl halides is 3. The summed E-state index contributed by atoms with van der Waals surface area (Å²) in [5.74, 6) is 0.763. The van der Waals surface area contributed by atoms with Crippen LogP contribution in [0.4, 0.5) is 18.9 Å². The van der Waals surface area contributed by atoms with Crippen molar-refractivity contribution in [3.63, 3.8) is 0 Å². The summed E-state index contributed by atoms with van der Waals surface area (Å²) >= 11 is 5.12.